The zero-order chi connectivity index (χ0) is 13.0. The largest absolute Gasteiger partial charge is 0.480 e. The molecule has 1 unspecified atom stereocenters. The number of hydrogen-bond acceptors (Lipinski definition) is 3. The summed E-state index contributed by atoms with van der Waals surface area (Å²) in [5.74, 6) is -0.601. The number of carboxylic acid groups (broad SMARTS) is 1. The van der Waals surface area contributed by atoms with Crippen molar-refractivity contribution in [1.82, 2.24) is 5.09 Å². The summed E-state index contributed by atoms with van der Waals surface area (Å²) in [6.07, 6.45) is 5.03. The average molecular weight is 257 g/mol. The van der Waals surface area contributed by atoms with Gasteiger partial charge in [-0.1, -0.05) is 31.6 Å². The monoisotopic (exact) mass is 257 g/mol. The average Bonchev–Trinajstić information content (AvgIpc) is 2.25. The van der Waals surface area contributed by atoms with Gasteiger partial charge in [-0.15, -0.1) is 0 Å². The molecular formula is C12H20NO3P. The van der Waals surface area contributed by atoms with Gasteiger partial charge in [-0.25, -0.2) is 0 Å². The van der Waals surface area contributed by atoms with E-state index in [2.05, 4.69) is 31.1 Å². The Bertz CT molecular complexity index is 350. The second kappa shape index (κ2) is 6.29. The molecule has 0 radical (unpaired) electrons. The standard InChI is InChI=1S/C12H20NO3P/c1-8(2)11-5-4-9(3)7-17(11)13-10(6-14)12(15)16/h4-5,8,10,13-14H,6-7H2,1-3H3,(H,15,16)/t10-,17?/m0/s1. The summed E-state index contributed by atoms with van der Waals surface area (Å²) >= 11 is 0. The van der Waals surface area contributed by atoms with E-state index < -0.39 is 20.1 Å². The topological polar surface area (TPSA) is 69.6 Å². The number of aliphatic hydroxyl groups is 1. The third-order valence-electron chi connectivity index (χ3n) is 2.64. The number of rotatable bonds is 5. The molecule has 0 saturated heterocycles. The van der Waals surface area contributed by atoms with Crippen molar-refractivity contribution in [2.75, 3.05) is 12.8 Å². The van der Waals surface area contributed by atoms with Crippen LogP contribution in [0, 0.1) is 5.92 Å². The Morgan fingerprint density at radius 2 is 2.18 bits per heavy atom. The molecule has 0 bridgehead atoms. The molecule has 1 rings (SSSR count). The minimum absolute atomic E-state index is 0.373. The predicted octanol–water partition coefficient (Wildman–Crippen LogP) is 1.92. The third kappa shape index (κ3) is 3.91. The molecule has 1 aliphatic heterocycles. The molecule has 0 amide bonds. The van der Waals surface area contributed by atoms with Gasteiger partial charge in [-0.05, 0) is 26.2 Å². The molecule has 5 heteroatoms. The molecule has 1 aliphatic rings. The van der Waals surface area contributed by atoms with Gasteiger partial charge in [-0.3, -0.25) is 9.88 Å². The molecule has 17 heavy (non-hydrogen) atoms. The van der Waals surface area contributed by atoms with Crippen LogP contribution in [0.15, 0.2) is 23.0 Å². The molecular weight excluding hydrogens is 237 g/mol. The molecule has 0 aromatic carbocycles. The number of allylic oxidation sites excluding steroid dienone is 4. The molecule has 3 N–H and O–H groups in total. The van der Waals surface area contributed by atoms with Gasteiger partial charge < -0.3 is 10.2 Å². The predicted molar refractivity (Wildman–Crippen MR) is 70.1 cm³/mol. The van der Waals surface area contributed by atoms with Crippen molar-refractivity contribution in [2.24, 2.45) is 5.92 Å². The molecule has 0 saturated carbocycles. The van der Waals surface area contributed by atoms with Gasteiger partial charge in [0.25, 0.3) is 0 Å². The Morgan fingerprint density at radius 1 is 1.53 bits per heavy atom. The van der Waals surface area contributed by atoms with Gasteiger partial charge >= 0.3 is 5.97 Å². The second-order valence-electron chi connectivity index (χ2n) is 4.55. The normalized spacial score (nSPS) is 22.1. The fourth-order valence-electron chi connectivity index (χ4n) is 1.70. The maximum Gasteiger partial charge on any atom is 0.323 e. The van der Waals surface area contributed by atoms with Crippen molar-refractivity contribution in [3.63, 3.8) is 0 Å². The van der Waals surface area contributed by atoms with E-state index in [1.807, 2.05) is 6.92 Å². The van der Waals surface area contributed by atoms with E-state index in [1.54, 1.807) is 0 Å². The highest BCUT2D eigenvalue weighted by atomic mass is 31.1. The lowest BCUT2D eigenvalue weighted by Crippen LogP contribution is -2.37. The van der Waals surface area contributed by atoms with Crippen LogP contribution in [0.3, 0.4) is 0 Å². The van der Waals surface area contributed by atoms with Crippen LogP contribution >= 0.6 is 8.07 Å². The van der Waals surface area contributed by atoms with E-state index in [9.17, 15) is 4.79 Å². The number of aliphatic carboxylic acids is 1. The summed E-state index contributed by atoms with van der Waals surface area (Å²) < 4.78 is 0. The molecule has 1 heterocycles. The number of aliphatic hydroxyl groups excluding tert-OH is 1. The molecule has 0 fully saturated rings. The summed E-state index contributed by atoms with van der Waals surface area (Å²) in [6, 6.07) is -0.867. The molecule has 0 aromatic heterocycles. The minimum atomic E-state index is -0.995. The summed E-state index contributed by atoms with van der Waals surface area (Å²) in [4.78, 5) is 10.9. The van der Waals surface area contributed by atoms with Gasteiger partial charge in [0.15, 0.2) is 0 Å². The summed E-state index contributed by atoms with van der Waals surface area (Å²) in [5, 5.41) is 22.3. The van der Waals surface area contributed by atoms with Crippen LogP contribution in [0.2, 0.25) is 0 Å². The van der Waals surface area contributed by atoms with Crippen molar-refractivity contribution in [3.8, 4) is 0 Å². The lowest BCUT2D eigenvalue weighted by Gasteiger charge is -2.29. The minimum Gasteiger partial charge on any atom is -0.480 e. The second-order valence-corrected chi connectivity index (χ2v) is 6.49. The van der Waals surface area contributed by atoms with Crippen molar-refractivity contribution in [1.29, 1.82) is 0 Å². The zero-order valence-electron chi connectivity index (χ0n) is 10.5. The van der Waals surface area contributed by atoms with E-state index in [-0.39, 0.29) is 6.61 Å². The van der Waals surface area contributed by atoms with Crippen molar-refractivity contribution >= 4 is 14.0 Å². The Balaban J connectivity index is 2.79. The summed E-state index contributed by atoms with van der Waals surface area (Å²) in [7, 11) is -0.690. The van der Waals surface area contributed by atoms with Crippen LogP contribution in [-0.4, -0.2) is 35.0 Å². The highest BCUT2D eigenvalue weighted by Crippen LogP contribution is 2.48. The Kier molecular flexibility index (Phi) is 5.31. The van der Waals surface area contributed by atoms with E-state index in [0.717, 1.165) is 6.16 Å². The smallest absolute Gasteiger partial charge is 0.323 e. The fourth-order valence-corrected chi connectivity index (χ4v) is 4.17. The Labute approximate surface area is 103 Å². The Hall–Kier alpha value is -0.700. The molecule has 4 nitrogen and oxygen atoms in total. The van der Waals surface area contributed by atoms with E-state index in [4.69, 9.17) is 10.2 Å². The van der Waals surface area contributed by atoms with Crippen LogP contribution < -0.4 is 5.09 Å². The fraction of sp³-hybridized carbons (Fsp3) is 0.583. The lowest BCUT2D eigenvalue weighted by molar-refractivity contribution is -0.139. The first-order chi connectivity index (χ1) is 7.95. The molecule has 0 aliphatic carbocycles. The molecule has 0 spiro atoms. The number of carboxylic acids is 1. The SMILES string of the molecule is CC1=CC=C(C(C)C)P(N[C@@H](CO)C(=O)O)C1. The van der Waals surface area contributed by atoms with Crippen LogP contribution in [0.25, 0.3) is 0 Å². The van der Waals surface area contributed by atoms with Gasteiger partial charge in [0.2, 0.25) is 0 Å². The number of nitrogens with one attached hydrogen (secondary N) is 1. The van der Waals surface area contributed by atoms with Gasteiger partial charge in [0, 0.05) is 6.16 Å². The molecule has 2 atom stereocenters. The van der Waals surface area contributed by atoms with Crippen molar-refractivity contribution < 1.29 is 15.0 Å². The van der Waals surface area contributed by atoms with E-state index >= 15 is 0 Å². The van der Waals surface area contributed by atoms with Gasteiger partial charge in [0.1, 0.15) is 6.04 Å². The maximum atomic E-state index is 10.9. The first kappa shape index (κ1) is 14.4. The van der Waals surface area contributed by atoms with Gasteiger partial charge in [-0.2, -0.15) is 0 Å². The highest BCUT2D eigenvalue weighted by Gasteiger charge is 2.25. The van der Waals surface area contributed by atoms with E-state index in [0.29, 0.717) is 5.92 Å². The summed E-state index contributed by atoms with van der Waals surface area (Å²) in [5.41, 5.74) is 1.25. The first-order valence-electron chi connectivity index (χ1n) is 5.70. The summed E-state index contributed by atoms with van der Waals surface area (Å²) in [6.45, 7) is 5.87. The van der Waals surface area contributed by atoms with Crippen LogP contribution in [-0.2, 0) is 4.79 Å². The lowest BCUT2D eigenvalue weighted by atomic mass is 10.2. The van der Waals surface area contributed by atoms with Crippen LogP contribution in [0.5, 0.6) is 0 Å². The Morgan fingerprint density at radius 3 is 2.65 bits per heavy atom. The quantitative estimate of drug-likeness (QED) is 0.658. The molecule has 0 aromatic rings. The van der Waals surface area contributed by atoms with Crippen LogP contribution in [0.1, 0.15) is 20.8 Å². The van der Waals surface area contributed by atoms with Gasteiger partial charge in [0.05, 0.1) is 6.61 Å². The number of hydrogen-bond donors (Lipinski definition) is 3. The van der Waals surface area contributed by atoms with Crippen LogP contribution in [0.4, 0.5) is 0 Å². The van der Waals surface area contributed by atoms with Crippen molar-refractivity contribution in [3.05, 3.63) is 23.0 Å². The van der Waals surface area contributed by atoms with E-state index in [1.165, 1.54) is 10.9 Å². The zero-order valence-corrected chi connectivity index (χ0v) is 11.4. The number of carbonyl (C=O) groups is 1. The first-order valence-corrected chi connectivity index (χ1v) is 7.23. The maximum absolute atomic E-state index is 10.9. The highest BCUT2D eigenvalue weighted by molar-refractivity contribution is 7.60. The molecule has 96 valence electrons. The van der Waals surface area contributed by atoms with Crippen molar-refractivity contribution in [2.45, 2.75) is 26.8 Å². The third-order valence-corrected chi connectivity index (χ3v) is 5.37.